The first kappa shape index (κ1) is 20.8. The summed E-state index contributed by atoms with van der Waals surface area (Å²) in [6, 6.07) is 6.28. The number of carbonyl (C=O) groups excluding carboxylic acids is 1. The van der Waals surface area contributed by atoms with Gasteiger partial charge in [-0.15, -0.1) is 0 Å². The summed E-state index contributed by atoms with van der Waals surface area (Å²) >= 11 is 0. The van der Waals surface area contributed by atoms with Crippen molar-refractivity contribution in [3.8, 4) is 0 Å². The third-order valence-corrected chi connectivity index (χ3v) is 3.91. The van der Waals surface area contributed by atoms with Crippen molar-refractivity contribution >= 4 is 23.8 Å². The minimum absolute atomic E-state index is 0.0975. The molecule has 0 heterocycles. The molecule has 0 unspecified atom stereocenters. The summed E-state index contributed by atoms with van der Waals surface area (Å²) in [5.41, 5.74) is 3.72. The van der Waals surface area contributed by atoms with E-state index in [4.69, 9.17) is 0 Å². The highest BCUT2D eigenvalue weighted by Crippen LogP contribution is 2.15. The normalized spacial score (nSPS) is 9.73. The molecule has 0 radical (unpaired) electrons. The summed E-state index contributed by atoms with van der Waals surface area (Å²) in [6.45, 7) is 13.1. The van der Waals surface area contributed by atoms with E-state index in [0.29, 0.717) is 13.1 Å². The van der Waals surface area contributed by atoms with E-state index in [1.165, 1.54) is 36.6 Å². The highest BCUT2D eigenvalue weighted by molar-refractivity contribution is 6.74. The Labute approximate surface area is 138 Å². The fourth-order valence-corrected chi connectivity index (χ4v) is 2.70. The molecule has 3 heteroatoms. The lowest BCUT2D eigenvalue weighted by Gasteiger charge is -2.19. The van der Waals surface area contributed by atoms with E-state index < -0.39 is 0 Å². The van der Waals surface area contributed by atoms with Gasteiger partial charge in [0.1, 0.15) is 0 Å². The zero-order valence-electron chi connectivity index (χ0n) is 15.5. The van der Waals surface area contributed by atoms with Gasteiger partial charge in [-0.1, -0.05) is 90.2 Å². The predicted molar refractivity (Wildman–Crippen MR) is 102 cm³/mol. The van der Waals surface area contributed by atoms with Gasteiger partial charge in [0.25, 0.3) is 0 Å². The number of benzene rings is 1. The average Bonchev–Trinajstić information content (AvgIpc) is 2.56. The van der Waals surface area contributed by atoms with E-state index in [1.54, 1.807) is 0 Å². The Kier molecular flexibility index (Phi) is 11.6. The van der Waals surface area contributed by atoms with E-state index in [9.17, 15) is 4.79 Å². The highest BCUT2D eigenvalue weighted by atomic mass is 16.1. The van der Waals surface area contributed by atoms with Gasteiger partial charge >= 0.3 is 0 Å². The number of unbranched alkanes of at least 4 members (excludes halogenated alkanes) is 2. The number of nitrogens with one attached hydrogen (secondary N) is 1. The van der Waals surface area contributed by atoms with Crippen LogP contribution in [0.1, 0.15) is 65.9 Å². The summed E-state index contributed by atoms with van der Waals surface area (Å²) in [7, 11) is 0. The number of hydrogen-bond acceptors (Lipinski definition) is 1. The van der Waals surface area contributed by atoms with Crippen molar-refractivity contribution in [1.29, 1.82) is 0 Å². The Morgan fingerprint density at radius 2 is 1.82 bits per heavy atom. The van der Waals surface area contributed by atoms with Crippen LogP contribution in [0, 0.1) is 0 Å². The minimum Gasteiger partial charge on any atom is -0.327 e. The van der Waals surface area contributed by atoms with Gasteiger partial charge in [0.15, 0.2) is 6.71 Å². The third kappa shape index (κ3) is 6.68. The van der Waals surface area contributed by atoms with Crippen LogP contribution < -0.4 is 10.8 Å². The number of rotatable bonds is 8. The Balaban J connectivity index is 0.00000211. The summed E-state index contributed by atoms with van der Waals surface area (Å²) in [6.07, 6.45) is 6.54. The first-order valence-electron chi connectivity index (χ1n) is 9.05. The Hall–Kier alpha value is -1.25. The summed E-state index contributed by atoms with van der Waals surface area (Å²) in [5.74, 6) is 0.0975. The maximum Gasteiger partial charge on any atom is 0.224 e. The average molecular weight is 303 g/mol. The molecule has 124 valence electrons. The molecule has 0 aliphatic heterocycles. The highest BCUT2D eigenvalue weighted by Gasteiger charge is 2.18. The van der Waals surface area contributed by atoms with Crippen molar-refractivity contribution in [3.63, 3.8) is 0 Å². The summed E-state index contributed by atoms with van der Waals surface area (Å²) in [5, 5.41) is 3.07. The van der Waals surface area contributed by atoms with Crippen molar-refractivity contribution < 1.29 is 4.79 Å². The van der Waals surface area contributed by atoms with Crippen LogP contribution in [-0.4, -0.2) is 12.6 Å². The van der Waals surface area contributed by atoms with Gasteiger partial charge in [-0.05, 0) is 12.5 Å². The zero-order valence-corrected chi connectivity index (χ0v) is 15.5. The molecule has 2 nitrogen and oxygen atoms in total. The second kappa shape index (κ2) is 12.3. The summed E-state index contributed by atoms with van der Waals surface area (Å²) in [4.78, 5) is 11.7. The first-order valence-corrected chi connectivity index (χ1v) is 9.05. The molecule has 0 bridgehead atoms. The van der Waals surface area contributed by atoms with Gasteiger partial charge in [0.05, 0.1) is 0 Å². The predicted octanol–water partition coefficient (Wildman–Crippen LogP) is 5.15. The van der Waals surface area contributed by atoms with E-state index in [2.05, 4.69) is 32.1 Å². The Bertz CT molecular complexity index is 431. The molecule has 1 amide bonds. The monoisotopic (exact) mass is 303 g/mol. The minimum atomic E-state index is 0.0975. The van der Waals surface area contributed by atoms with E-state index in [1.807, 2.05) is 32.9 Å². The van der Waals surface area contributed by atoms with Crippen molar-refractivity contribution in [2.45, 2.75) is 79.9 Å². The molecule has 1 N–H and O–H groups in total. The van der Waals surface area contributed by atoms with E-state index in [-0.39, 0.29) is 5.91 Å². The van der Waals surface area contributed by atoms with Crippen molar-refractivity contribution in [2.24, 2.45) is 0 Å². The Morgan fingerprint density at radius 3 is 2.36 bits per heavy atom. The number of aryl methyl sites for hydroxylation is 1. The maximum atomic E-state index is 11.7. The van der Waals surface area contributed by atoms with Crippen molar-refractivity contribution in [1.82, 2.24) is 0 Å². The molecular weight excluding hydrogens is 269 g/mol. The zero-order chi connectivity index (χ0) is 17.0. The van der Waals surface area contributed by atoms with Crippen LogP contribution in [0.4, 0.5) is 5.69 Å². The van der Waals surface area contributed by atoms with E-state index in [0.717, 1.165) is 12.1 Å². The van der Waals surface area contributed by atoms with Crippen molar-refractivity contribution in [3.05, 3.63) is 23.8 Å². The number of anilines is 1. The largest absolute Gasteiger partial charge is 0.327 e. The molecule has 0 atom stereocenters. The number of carbonyl (C=O) groups is 1. The van der Waals surface area contributed by atoms with Gasteiger partial charge in [-0.3, -0.25) is 4.79 Å². The molecule has 0 aromatic heterocycles. The van der Waals surface area contributed by atoms with Gasteiger partial charge < -0.3 is 5.32 Å². The molecule has 1 aromatic rings. The second-order valence-corrected chi connectivity index (χ2v) is 5.53. The van der Waals surface area contributed by atoms with Crippen LogP contribution >= 0.6 is 0 Å². The quantitative estimate of drug-likeness (QED) is 0.522. The lowest BCUT2D eigenvalue weighted by Crippen LogP contribution is -2.33. The molecule has 1 rings (SSSR count). The summed E-state index contributed by atoms with van der Waals surface area (Å²) < 4.78 is 0. The van der Waals surface area contributed by atoms with E-state index >= 15 is 0 Å². The molecule has 0 saturated heterocycles. The lowest BCUT2D eigenvalue weighted by molar-refractivity contribution is -0.115. The molecule has 0 aliphatic rings. The first-order chi connectivity index (χ1) is 10.6. The molecular formula is C19H34BNO. The molecule has 0 fully saturated rings. The lowest BCUT2D eigenvalue weighted by atomic mass is 9.42. The number of amides is 1. The molecule has 0 spiro atoms. The third-order valence-electron chi connectivity index (χ3n) is 3.91. The second-order valence-electron chi connectivity index (χ2n) is 5.53. The van der Waals surface area contributed by atoms with Crippen LogP contribution in [0.2, 0.25) is 13.1 Å². The van der Waals surface area contributed by atoms with Gasteiger partial charge in [-0.2, -0.15) is 0 Å². The molecule has 0 saturated carbocycles. The topological polar surface area (TPSA) is 29.1 Å². The standard InChI is InChI=1S/C17H28BNO.C2H6/c1-5-8-9-13-18(4)17-14(6-2)11-10-12-15(17)19-16(20)7-3;1-2/h10-12H,5-9,13H2,1-4H3,(H,19,20);1-2H3. The SMILES string of the molecule is CC.CCCCCB(C)c1c(CC)cccc1NC(=O)CC. The fraction of sp³-hybridized carbons (Fsp3) is 0.632. The fourth-order valence-electron chi connectivity index (χ4n) is 2.70. The van der Waals surface area contributed by atoms with Gasteiger partial charge in [0.2, 0.25) is 5.91 Å². The van der Waals surface area contributed by atoms with Crippen LogP contribution in [0.3, 0.4) is 0 Å². The molecule has 22 heavy (non-hydrogen) atoms. The molecule has 0 aliphatic carbocycles. The van der Waals surface area contributed by atoms with Crippen molar-refractivity contribution in [2.75, 3.05) is 5.32 Å². The Morgan fingerprint density at radius 1 is 1.14 bits per heavy atom. The maximum absolute atomic E-state index is 11.7. The van der Waals surface area contributed by atoms with Crippen LogP contribution in [-0.2, 0) is 11.2 Å². The van der Waals surface area contributed by atoms with Gasteiger partial charge in [-0.25, -0.2) is 0 Å². The van der Waals surface area contributed by atoms with Crippen LogP contribution in [0.15, 0.2) is 18.2 Å². The smallest absolute Gasteiger partial charge is 0.224 e. The van der Waals surface area contributed by atoms with Gasteiger partial charge in [0, 0.05) is 12.1 Å². The number of hydrogen-bond donors (Lipinski definition) is 1. The van der Waals surface area contributed by atoms with Crippen LogP contribution in [0.25, 0.3) is 0 Å². The molecule has 1 aromatic carbocycles. The van der Waals surface area contributed by atoms with Crippen LogP contribution in [0.5, 0.6) is 0 Å².